The first kappa shape index (κ1) is 27.5. The van der Waals surface area contributed by atoms with E-state index in [9.17, 15) is 5.11 Å². The average molecular weight is 590 g/mol. The Morgan fingerprint density at radius 1 is 0.478 bits per heavy atom. The van der Waals surface area contributed by atoms with E-state index >= 15 is 0 Å². The summed E-state index contributed by atoms with van der Waals surface area (Å²) in [5.41, 5.74) is 9.62. The fraction of sp³-hybridized carbons (Fsp3) is 0. The van der Waals surface area contributed by atoms with Gasteiger partial charge >= 0.3 is 0 Å². The predicted octanol–water partition coefficient (Wildman–Crippen LogP) is 10.1. The maximum Gasteiger partial charge on any atom is 0.128 e. The number of phenols is 1. The highest BCUT2D eigenvalue weighted by Gasteiger charge is 2.15. The lowest BCUT2D eigenvalue weighted by atomic mass is 9.88. The molecule has 0 aliphatic carbocycles. The molecule has 7 aromatic carbocycles. The second-order valence-electron chi connectivity index (χ2n) is 11.4. The Kier molecular flexibility index (Phi) is 6.88. The molecule has 1 aromatic heterocycles. The number of aromatic nitrogens is 1. The molecule has 0 aliphatic rings. The highest BCUT2D eigenvalue weighted by atomic mass is 16.5. The van der Waals surface area contributed by atoms with E-state index in [-0.39, 0.29) is 5.75 Å². The molecule has 2 radical (unpaired) electrons. The minimum Gasteiger partial charge on any atom is -0.507 e. The first-order valence-corrected chi connectivity index (χ1v) is 15.3. The van der Waals surface area contributed by atoms with Gasteiger partial charge < -0.3 is 14.4 Å². The van der Waals surface area contributed by atoms with Crippen molar-refractivity contribution >= 4 is 35.1 Å². The molecule has 1 N–H and O–H groups in total. The first-order valence-electron chi connectivity index (χ1n) is 15.3. The third kappa shape index (κ3) is 4.91. The van der Waals surface area contributed by atoms with Crippen molar-refractivity contribution in [1.82, 2.24) is 4.57 Å². The number of phenolic OH excluding ortho intramolecular Hbond substituents is 1. The molecule has 8 rings (SSSR count). The summed E-state index contributed by atoms with van der Waals surface area (Å²) in [6, 6.07) is 54.8. The van der Waals surface area contributed by atoms with E-state index in [4.69, 9.17) is 12.6 Å². The maximum absolute atomic E-state index is 11.3. The van der Waals surface area contributed by atoms with Crippen LogP contribution in [-0.4, -0.2) is 17.5 Å². The van der Waals surface area contributed by atoms with Crippen molar-refractivity contribution < 1.29 is 9.84 Å². The van der Waals surface area contributed by atoms with E-state index in [0.717, 1.165) is 50.1 Å². The standard InChI is InChI=1S/C42H28BNO2/c43-38-26-30(34-16-5-4-15-33(34)28-11-2-1-3-12-28)21-24-42(38)46-32-14-10-13-29(25-32)35-23-22-31(27-41(35)45)44-39-19-8-6-17-36(39)37-18-7-9-20-40(37)44/h1-27,45H. The van der Waals surface area contributed by atoms with E-state index in [0.29, 0.717) is 17.0 Å². The topological polar surface area (TPSA) is 34.4 Å². The van der Waals surface area contributed by atoms with Crippen molar-refractivity contribution in [3.63, 3.8) is 0 Å². The van der Waals surface area contributed by atoms with E-state index in [1.165, 1.54) is 10.8 Å². The van der Waals surface area contributed by atoms with Crippen LogP contribution in [0.3, 0.4) is 0 Å². The molecule has 3 nitrogen and oxygen atoms in total. The summed E-state index contributed by atoms with van der Waals surface area (Å²) in [7, 11) is 6.54. The Morgan fingerprint density at radius 3 is 1.78 bits per heavy atom. The number of fused-ring (bicyclic) bond motifs is 3. The molecule has 0 unspecified atom stereocenters. The summed E-state index contributed by atoms with van der Waals surface area (Å²) >= 11 is 0. The third-order valence-corrected chi connectivity index (χ3v) is 8.53. The Morgan fingerprint density at radius 2 is 1.09 bits per heavy atom. The number of aromatic hydroxyl groups is 1. The lowest BCUT2D eigenvalue weighted by Crippen LogP contribution is -2.07. The fourth-order valence-corrected chi connectivity index (χ4v) is 6.37. The predicted molar refractivity (Wildman–Crippen MR) is 191 cm³/mol. The van der Waals surface area contributed by atoms with Crippen LogP contribution < -0.4 is 10.2 Å². The summed E-state index contributed by atoms with van der Waals surface area (Å²) in [5, 5.41) is 13.6. The highest BCUT2D eigenvalue weighted by molar-refractivity contribution is 6.34. The molecule has 0 spiro atoms. The molecule has 1 heterocycles. The van der Waals surface area contributed by atoms with Crippen LogP contribution in [0.15, 0.2) is 164 Å². The molecule has 0 atom stereocenters. The molecule has 0 saturated carbocycles. The van der Waals surface area contributed by atoms with E-state index in [2.05, 4.69) is 71.3 Å². The van der Waals surface area contributed by atoms with E-state index < -0.39 is 0 Å². The number of para-hydroxylation sites is 2. The second kappa shape index (κ2) is 11.5. The Balaban J connectivity index is 1.09. The monoisotopic (exact) mass is 589 g/mol. The lowest BCUT2D eigenvalue weighted by Gasteiger charge is -2.15. The molecule has 216 valence electrons. The van der Waals surface area contributed by atoms with Crippen molar-refractivity contribution in [2.45, 2.75) is 0 Å². The van der Waals surface area contributed by atoms with Crippen molar-refractivity contribution in [2.24, 2.45) is 0 Å². The van der Waals surface area contributed by atoms with Gasteiger partial charge in [-0.05, 0) is 70.3 Å². The SMILES string of the molecule is [B]c1cc(-c2ccccc2-c2ccccc2)ccc1Oc1cccc(-c2ccc(-n3c4ccccc4c4ccccc43)cc2O)c1. The zero-order valence-corrected chi connectivity index (χ0v) is 25.0. The van der Waals surface area contributed by atoms with Gasteiger partial charge in [0.2, 0.25) is 0 Å². The van der Waals surface area contributed by atoms with Gasteiger partial charge in [0.05, 0.1) is 11.0 Å². The molecule has 0 saturated heterocycles. The smallest absolute Gasteiger partial charge is 0.128 e. The van der Waals surface area contributed by atoms with Gasteiger partial charge in [-0.2, -0.15) is 0 Å². The highest BCUT2D eigenvalue weighted by Crippen LogP contribution is 2.38. The van der Waals surface area contributed by atoms with Gasteiger partial charge in [-0.3, -0.25) is 0 Å². The van der Waals surface area contributed by atoms with Crippen molar-refractivity contribution in [1.29, 1.82) is 0 Å². The average Bonchev–Trinajstić information content (AvgIpc) is 3.44. The summed E-state index contributed by atoms with van der Waals surface area (Å²) in [5.74, 6) is 1.40. The van der Waals surface area contributed by atoms with Crippen LogP contribution in [-0.2, 0) is 0 Å². The van der Waals surface area contributed by atoms with Crippen LogP contribution in [0.4, 0.5) is 0 Å². The van der Waals surface area contributed by atoms with Gasteiger partial charge in [-0.1, -0.05) is 121 Å². The van der Waals surface area contributed by atoms with Gasteiger partial charge in [0, 0.05) is 28.1 Å². The zero-order chi connectivity index (χ0) is 31.0. The van der Waals surface area contributed by atoms with E-state index in [1.807, 2.05) is 97.1 Å². The van der Waals surface area contributed by atoms with Crippen LogP contribution in [0.2, 0.25) is 0 Å². The van der Waals surface area contributed by atoms with Crippen LogP contribution in [0.25, 0.3) is 60.9 Å². The van der Waals surface area contributed by atoms with Crippen molar-refractivity contribution in [3.8, 4) is 56.3 Å². The Hall–Kier alpha value is -6.00. The van der Waals surface area contributed by atoms with Crippen molar-refractivity contribution in [3.05, 3.63) is 164 Å². The van der Waals surface area contributed by atoms with Crippen LogP contribution in [0.5, 0.6) is 17.2 Å². The molecular formula is C42H28BNO2. The molecule has 0 amide bonds. The number of rotatable bonds is 6. The Bertz CT molecular complexity index is 2320. The minimum atomic E-state index is 0.192. The maximum atomic E-state index is 11.3. The number of hydrogen-bond donors (Lipinski definition) is 1. The normalized spacial score (nSPS) is 11.2. The van der Waals surface area contributed by atoms with Gasteiger partial charge in [-0.25, -0.2) is 0 Å². The molecule has 0 bridgehead atoms. The van der Waals surface area contributed by atoms with Gasteiger partial charge in [0.15, 0.2) is 0 Å². The summed E-state index contributed by atoms with van der Waals surface area (Å²) in [4.78, 5) is 0. The molecule has 0 fully saturated rings. The zero-order valence-electron chi connectivity index (χ0n) is 25.0. The minimum absolute atomic E-state index is 0.192. The number of benzene rings is 7. The largest absolute Gasteiger partial charge is 0.507 e. The lowest BCUT2D eigenvalue weighted by molar-refractivity contribution is 0.476. The summed E-state index contributed by atoms with van der Waals surface area (Å²) in [6.45, 7) is 0. The third-order valence-electron chi connectivity index (χ3n) is 8.53. The van der Waals surface area contributed by atoms with Crippen LogP contribution >= 0.6 is 0 Å². The van der Waals surface area contributed by atoms with Gasteiger partial charge in [0.25, 0.3) is 0 Å². The molecule has 4 heteroatoms. The van der Waals surface area contributed by atoms with Gasteiger partial charge in [0.1, 0.15) is 25.1 Å². The van der Waals surface area contributed by atoms with E-state index in [1.54, 1.807) is 0 Å². The van der Waals surface area contributed by atoms with Crippen molar-refractivity contribution in [2.75, 3.05) is 0 Å². The molecule has 8 aromatic rings. The summed E-state index contributed by atoms with van der Waals surface area (Å²) < 4.78 is 8.48. The Labute approximate surface area is 269 Å². The quantitative estimate of drug-likeness (QED) is 0.196. The first-order chi connectivity index (χ1) is 22.6. The summed E-state index contributed by atoms with van der Waals surface area (Å²) in [6.07, 6.45) is 0. The molecule has 46 heavy (non-hydrogen) atoms. The van der Waals surface area contributed by atoms with Crippen LogP contribution in [0.1, 0.15) is 0 Å². The fourth-order valence-electron chi connectivity index (χ4n) is 6.37. The number of nitrogens with zero attached hydrogens (tertiary/aromatic N) is 1. The number of hydrogen-bond acceptors (Lipinski definition) is 2. The molecule has 0 aliphatic heterocycles. The molecular weight excluding hydrogens is 561 g/mol. The van der Waals surface area contributed by atoms with Crippen LogP contribution in [0, 0.1) is 0 Å². The number of ether oxygens (including phenoxy) is 1. The van der Waals surface area contributed by atoms with Gasteiger partial charge in [-0.15, -0.1) is 0 Å². The second-order valence-corrected chi connectivity index (χ2v) is 11.4.